The molecule has 1 aromatic carbocycles. The summed E-state index contributed by atoms with van der Waals surface area (Å²) in [6, 6.07) is 5.34. The summed E-state index contributed by atoms with van der Waals surface area (Å²) >= 11 is 1.27. The fraction of sp³-hybridized carbons (Fsp3) is 0.125. The number of hydrogen-bond acceptors (Lipinski definition) is 6. The lowest BCUT2D eigenvalue weighted by atomic mass is 10.2. The predicted octanol–water partition coefficient (Wildman–Crippen LogP) is 3.01. The summed E-state index contributed by atoms with van der Waals surface area (Å²) in [5.74, 6) is -0.0868. The molecule has 2 N–H and O–H groups in total. The van der Waals surface area contributed by atoms with Crippen molar-refractivity contribution in [3.05, 3.63) is 42.0 Å². The molecule has 3 aromatic heterocycles. The van der Waals surface area contributed by atoms with Crippen LogP contribution < -0.4 is 10.6 Å². The molecule has 0 radical (unpaired) electrons. The Hall–Kier alpha value is -3.07. The Bertz CT molecular complexity index is 1100. The van der Waals surface area contributed by atoms with Gasteiger partial charge in [0.1, 0.15) is 27.2 Å². The molecule has 0 fully saturated rings. The van der Waals surface area contributed by atoms with Crippen LogP contribution >= 0.6 is 11.3 Å². The van der Waals surface area contributed by atoms with E-state index < -0.39 is 0 Å². The maximum absolute atomic E-state index is 13.0. The first-order valence-corrected chi connectivity index (χ1v) is 8.24. The third kappa shape index (κ3) is 2.58. The number of thiazole rings is 1. The van der Waals surface area contributed by atoms with Gasteiger partial charge in [0.05, 0.1) is 6.33 Å². The van der Waals surface area contributed by atoms with Crippen molar-refractivity contribution in [2.75, 3.05) is 17.7 Å². The number of aromatic nitrogens is 4. The molecule has 9 heteroatoms. The van der Waals surface area contributed by atoms with Crippen molar-refractivity contribution in [2.45, 2.75) is 0 Å². The largest absolute Gasteiger partial charge is 0.371 e. The molecule has 0 bridgehead atoms. The highest BCUT2D eigenvalue weighted by atomic mass is 32.1. The Kier molecular flexibility index (Phi) is 3.57. The van der Waals surface area contributed by atoms with E-state index in [1.807, 2.05) is 11.6 Å². The summed E-state index contributed by atoms with van der Waals surface area (Å²) in [6.07, 6.45) is 1.70. The molecule has 126 valence electrons. The third-order valence-electron chi connectivity index (χ3n) is 3.77. The van der Waals surface area contributed by atoms with Crippen LogP contribution in [0.4, 0.5) is 15.3 Å². The monoisotopic (exact) mass is 356 g/mol. The van der Waals surface area contributed by atoms with E-state index in [9.17, 15) is 9.18 Å². The molecule has 7 nitrogen and oxygen atoms in total. The number of nitrogens with one attached hydrogen (secondary N) is 2. The van der Waals surface area contributed by atoms with Gasteiger partial charge in [0.15, 0.2) is 10.9 Å². The van der Waals surface area contributed by atoms with Crippen LogP contribution in [0.3, 0.4) is 0 Å². The smallest absolute Gasteiger partial charge is 0.257 e. The predicted molar refractivity (Wildman–Crippen MR) is 95.6 cm³/mol. The van der Waals surface area contributed by atoms with Crippen molar-refractivity contribution < 1.29 is 9.18 Å². The minimum absolute atomic E-state index is 0.353. The first kappa shape index (κ1) is 15.5. The number of hydrogen-bond donors (Lipinski definition) is 2. The number of nitrogens with zero attached hydrogens (tertiary/aromatic N) is 4. The number of rotatable bonds is 3. The molecule has 0 saturated heterocycles. The second kappa shape index (κ2) is 5.78. The van der Waals surface area contributed by atoms with E-state index in [1.165, 1.54) is 35.6 Å². The van der Waals surface area contributed by atoms with Gasteiger partial charge in [-0.2, -0.15) is 0 Å². The second-order valence-electron chi connectivity index (χ2n) is 5.40. The number of imidazole rings is 1. The fourth-order valence-corrected chi connectivity index (χ4v) is 3.42. The van der Waals surface area contributed by atoms with E-state index in [0.717, 1.165) is 11.0 Å². The minimum Gasteiger partial charge on any atom is -0.371 e. The van der Waals surface area contributed by atoms with Gasteiger partial charge >= 0.3 is 0 Å². The van der Waals surface area contributed by atoms with E-state index in [1.54, 1.807) is 13.4 Å². The normalized spacial score (nSPS) is 11.2. The number of halogens is 1. The first-order chi connectivity index (χ1) is 12.1. The Morgan fingerprint density at radius 3 is 2.68 bits per heavy atom. The average Bonchev–Trinajstić information content (AvgIpc) is 3.17. The van der Waals surface area contributed by atoms with Gasteiger partial charge in [-0.25, -0.2) is 19.3 Å². The SMILES string of the molecule is CNc1nc2sc(NC(=O)c3ccc(F)cc3)nc2c2c1ncn2C. The van der Waals surface area contributed by atoms with Crippen molar-refractivity contribution in [1.29, 1.82) is 0 Å². The maximum atomic E-state index is 13.0. The van der Waals surface area contributed by atoms with Crippen LogP contribution in [0.15, 0.2) is 30.6 Å². The molecule has 0 saturated carbocycles. The summed E-state index contributed by atoms with van der Waals surface area (Å²) < 4.78 is 14.8. The molecular formula is C16H13FN6OS. The van der Waals surface area contributed by atoms with Gasteiger partial charge in [0.2, 0.25) is 0 Å². The molecule has 0 atom stereocenters. The molecule has 0 unspecified atom stereocenters. The van der Waals surface area contributed by atoms with E-state index in [-0.39, 0.29) is 11.7 Å². The molecule has 4 rings (SSSR count). The summed E-state index contributed by atoms with van der Waals surface area (Å²) in [7, 11) is 3.66. The van der Waals surface area contributed by atoms with Crippen LogP contribution in [-0.2, 0) is 7.05 Å². The zero-order valence-electron chi connectivity index (χ0n) is 13.4. The summed E-state index contributed by atoms with van der Waals surface area (Å²) in [5, 5.41) is 6.19. The molecule has 0 aliphatic heterocycles. The van der Waals surface area contributed by atoms with E-state index in [4.69, 9.17) is 0 Å². The summed E-state index contributed by atoms with van der Waals surface area (Å²) in [5.41, 5.74) is 2.59. The van der Waals surface area contributed by atoms with Gasteiger partial charge in [0, 0.05) is 19.7 Å². The van der Waals surface area contributed by atoms with E-state index >= 15 is 0 Å². The highest BCUT2D eigenvalue weighted by molar-refractivity contribution is 7.22. The van der Waals surface area contributed by atoms with Crippen LogP contribution in [0.5, 0.6) is 0 Å². The number of benzene rings is 1. The minimum atomic E-state index is -0.390. The third-order valence-corrected chi connectivity index (χ3v) is 4.64. The number of fused-ring (bicyclic) bond motifs is 3. The van der Waals surface area contributed by atoms with Crippen LogP contribution in [-0.4, -0.2) is 32.5 Å². The molecule has 3 heterocycles. The lowest BCUT2D eigenvalue weighted by Gasteiger charge is -2.01. The standard InChI is InChI=1S/C16H13FN6OS/c1-18-13-10-12(23(2)7-19-10)11-15(21-13)25-16(20-11)22-14(24)8-3-5-9(17)6-4-8/h3-7H,1-2H3,(H,18,21)(H,20,22,24). The number of amides is 1. The Balaban J connectivity index is 1.76. The van der Waals surface area contributed by atoms with Crippen molar-refractivity contribution >= 4 is 49.6 Å². The lowest BCUT2D eigenvalue weighted by molar-refractivity contribution is 0.102. The number of anilines is 2. The van der Waals surface area contributed by atoms with Crippen LogP contribution in [0, 0.1) is 5.82 Å². The Labute approximate surface area is 145 Å². The maximum Gasteiger partial charge on any atom is 0.257 e. The van der Waals surface area contributed by atoms with Crippen molar-refractivity contribution in [1.82, 2.24) is 19.5 Å². The van der Waals surface area contributed by atoms with E-state index in [2.05, 4.69) is 25.6 Å². The summed E-state index contributed by atoms with van der Waals surface area (Å²) in [4.78, 5) is 26.3. The summed E-state index contributed by atoms with van der Waals surface area (Å²) in [6.45, 7) is 0. The molecular weight excluding hydrogens is 343 g/mol. The van der Waals surface area contributed by atoms with E-state index in [0.29, 0.717) is 26.9 Å². The lowest BCUT2D eigenvalue weighted by Crippen LogP contribution is -2.11. The molecule has 0 aliphatic rings. The van der Waals surface area contributed by atoms with Crippen LogP contribution in [0.2, 0.25) is 0 Å². The van der Waals surface area contributed by atoms with Crippen molar-refractivity contribution in [3.63, 3.8) is 0 Å². The Morgan fingerprint density at radius 1 is 1.20 bits per heavy atom. The Morgan fingerprint density at radius 2 is 1.96 bits per heavy atom. The van der Waals surface area contributed by atoms with Crippen LogP contribution in [0.1, 0.15) is 10.4 Å². The van der Waals surface area contributed by atoms with Gasteiger partial charge < -0.3 is 9.88 Å². The zero-order chi connectivity index (χ0) is 17.6. The zero-order valence-corrected chi connectivity index (χ0v) is 14.2. The van der Waals surface area contributed by atoms with Crippen molar-refractivity contribution in [2.24, 2.45) is 7.05 Å². The molecule has 0 spiro atoms. The van der Waals surface area contributed by atoms with Gasteiger partial charge in [-0.3, -0.25) is 10.1 Å². The number of pyridine rings is 1. The molecule has 0 aliphatic carbocycles. The highest BCUT2D eigenvalue weighted by Gasteiger charge is 2.17. The van der Waals surface area contributed by atoms with Gasteiger partial charge in [0.25, 0.3) is 5.91 Å². The number of carbonyl (C=O) groups is 1. The van der Waals surface area contributed by atoms with Crippen LogP contribution in [0.25, 0.3) is 21.4 Å². The average molecular weight is 356 g/mol. The van der Waals surface area contributed by atoms with Gasteiger partial charge in [-0.05, 0) is 24.3 Å². The fourth-order valence-electron chi connectivity index (χ4n) is 2.58. The molecule has 25 heavy (non-hydrogen) atoms. The van der Waals surface area contributed by atoms with Crippen molar-refractivity contribution in [3.8, 4) is 0 Å². The number of carbonyl (C=O) groups excluding carboxylic acids is 1. The number of aryl methyl sites for hydroxylation is 1. The quantitative estimate of drug-likeness (QED) is 0.589. The second-order valence-corrected chi connectivity index (χ2v) is 6.37. The molecule has 4 aromatic rings. The van der Waals surface area contributed by atoms with Gasteiger partial charge in [-0.15, -0.1) is 0 Å². The first-order valence-electron chi connectivity index (χ1n) is 7.43. The van der Waals surface area contributed by atoms with Gasteiger partial charge in [-0.1, -0.05) is 11.3 Å². The highest BCUT2D eigenvalue weighted by Crippen LogP contribution is 2.33. The topological polar surface area (TPSA) is 84.7 Å². The molecule has 1 amide bonds.